The maximum absolute atomic E-state index is 11.8. The fourth-order valence-corrected chi connectivity index (χ4v) is 2.46. The number of carbonyl (C=O) groups excluding carboxylic acids is 1. The maximum atomic E-state index is 11.8. The first-order valence-corrected chi connectivity index (χ1v) is 8.04. The Labute approximate surface area is 128 Å². The first-order chi connectivity index (χ1) is 9.82. The lowest BCUT2D eigenvalue weighted by atomic mass is 10.1. The van der Waals surface area contributed by atoms with Gasteiger partial charge in [-0.1, -0.05) is 12.1 Å². The van der Waals surface area contributed by atoms with Gasteiger partial charge in [0.25, 0.3) is 0 Å². The molecule has 0 saturated carbocycles. The van der Waals surface area contributed by atoms with Crippen LogP contribution in [0.25, 0.3) is 0 Å². The Morgan fingerprint density at radius 3 is 2.67 bits per heavy atom. The number of nitrogens with one attached hydrogen (secondary N) is 2. The molecule has 5 nitrogen and oxygen atoms in total. The summed E-state index contributed by atoms with van der Waals surface area (Å²) in [6.07, 6.45) is 0. The number of hydrogen-bond donors (Lipinski definition) is 2. The van der Waals surface area contributed by atoms with Gasteiger partial charge in [-0.05, 0) is 38.5 Å². The van der Waals surface area contributed by atoms with Crippen molar-refractivity contribution in [2.45, 2.75) is 32.1 Å². The Morgan fingerprint density at radius 2 is 2.05 bits per heavy atom. The molecule has 0 radical (unpaired) electrons. The summed E-state index contributed by atoms with van der Waals surface area (Å²) < 4.78 is 11.5. The second-order valence-electron chi connectivity index (χ2n) is 5.58. The zero-order chi connectivity index (χ0) is 15.9. The zero-order valence-electron chi connectivity index (χ0n) is 12.6. The van der Waals surface area contributed by atoms with E-state index >= 15 is 0 Å². The van der Waals surface area contributed by atoms with E-state index in [1.807, 2.05) is 26.8 Å². The largest absolute Gasteiger partial charge is 0.337 e. The van der Waals surface area contributed by atoms with E-state index in [0.29, 0.717) is 24.4 Å². The fourth-order valence-electron chi connectivity index (χ4n) is 1.56. The minimum absolute atomic E-state index is 0.268. The molecule has 21 heavy (non-hydrogen) atoms. The van der Waals surface area contributed by atoms with Gasteiger partial charge in [0, 0.05) is 34.4 Å². The Kier molecular flexibility index (Phi) is 6.38. The van der Waals surface area contributed by atoms with Crippen molar-refractivity contribution in [1.29, 1.82) is 5.26 Å². The highest BCUT2D eigenvalue weighted by Gasteiger charge is 2.18. The Hall–Kier alpha value is -1.87. The van der Waals surface area contributed by atoms with Gasteiger partial charge in [0.1, 0.15) is 0 Å². The molecule has 0 bridgehead atoms. The molecule has 1 aromatic rings. The zero-order valence-corrected chi connectivity index (χ0v) is 13.4. The standard InChI is InChI=1S/C15H21N3O2S/c1-15(2,3)21(20)8-7-17-14(19)18-11-13-6-4-5-12(9-13)10-16/h4-6,9H,7-8,11H2,1-3H3,(H2,17,18,19)/t21-/m0/s1. The molecule has 0 aliphatic heterocycles. The lowest BCUT2D eigenvalue weighted by molar-refractivity contribution is 0.241. The molecule has 0 unspecified atom stereocenters. The smallest absolute Gasteiger partial charge is 0.315 e. The highest BCUT2D eigenvalue weighted by Crippen LogP contribution is 2.10. The average molecular weight is 307 g/mol. The summed E-state index contributed by atoms with van der Waals surface area (Å²) >= 11 is 0. The van der Waals surface area contributed by atoms with Crippen LogP contribution in [-0.2, 0) is 17.3 Å². The quantitative estimate of drug-likeness (QED) is 0.871. The van der Waals surface area contributed by atoms with Crippen molar-refractivity contribution in [1.82, 2.24) is 10.6 Å². The number of nitrogens with zero attached hydrogens (tertiary/aromatic N) is 1. The fraction of sp³-hybridized carbons (Fsp3) is 0.467. The summed E-state index contributed by atoms with van der Waals surface area (Å²) in [5.74, 6) is 0.431. The molecule has 0 spiro atoms. The molecule has 0 saturated heterocycles. The van der Waals surface area contributed by atoms with Crippen LogP contribution in [0.15, 0.2) is 24.3 Å². The van der Waals surface area contributed by atoms with Crippen molar-refractivity contribution >= 4 is 16.8 Å². The van der Waals surface area contributed by atoms with E-state index in [9.17, 15) is 9.00 Å². The monoisotopic (exact) mass is 307 g/mol. The summed E-state index contributed by atoms with van der Waals surface area (Å²) in [7, 11) is -0.977. The summed E-state index contributed by atoms with van der Waals surface area (Å²) in [5.41, 5.74) is 1.43. The molecule has 6 heteroatoms. The van der Waals surface area contributed by atoms with E-state index < -0.39 is 10.8 Å². The third kappa shape index (κ3) is 6.41. The summed E-state index contributed by atoms with van der Waals surface area (Å²) in [4.78, 5) is 11.6. The number of rotatable bonds is 5. The van der Waals surface area contributed by atoms with Crippen LogP contribution in [0.4, 0.5) is 4.79 Å². The molecule has 1 aromatic carbocycles. The van der Waals surface area contributed by atoms with Crippen molar-refractivity contribution < 1.29 is 9.00 Å². The number of nitriles is 1. The molecule has 0 fully saturated rings. The van der Waals surface area contributed by atoms with Crippen LogP contribution in [-0.4, -0.2) is 27.3 Å². The Bertz CT molecular complexity index is 559. The second kappa shape index (κ2) is 7.79. The van der Waals surface area contributed by atoms with Crippen LogP contribution in [0.1, 0.15) is 31.9 Å². The van der Waals surface area contributed by atoms with Crippen LogP contribution in [0.5, 0.6) is 0 Å². The lowest BCUT2D eigenvalue weighted by Crippen LogP contribution is -2.38. The molecule has 1 atom stereocenters. The molecular formula is C15H21N3O2S. The second-order valence-corrected chi connectivity index (χ2v) is 7.91. The summed E-state index contributed by atoms with van der Waals surface area (Å²) in [6, 6.07) is 8.82. The van der Waals surface area contributed by atoms with Crippen LogP contribution in [0.2, 0.25) is 0 Å². The van der Waals surface area contributed by atoms with Crippen LogP contribution < -0.4 is 10.6 Å². The van der Waals surface area contributed by atoms with Crippen molar-refractivity contribution in [2.24, 2.45) is 0 Å². The van der Waals surface area contributed by atoms with Gasteiger partial charge >= 0.3 is 6.03 Å². The van der Waals surface area contributed by atoms with E-state index in [2.05, 4.69) is 16.7 Å². The molecular weight excluding hydrogens is 286 g/mol. The minimum atomic E-state index is -0.977. The topological polar surface area (TPSA) is 82.0 Å². The summed E-state index contributed by atoms with van der Waals surface area (Å²) in [5, 5.41) is 14.2. The van der Waals surface area contributed by atoms with Gasteiger partial charge < -0.3 is 10.6 Å². The van der Waals surface area contributed by atoms with Gasteiger partial charge in [0.15, 0.2) is 0 Å². The van der Waals surface area contributed by atoms with E-state index in [1.54, 1.807) is 18.2 Å². The molecule has 2 N–H and O–H groups in total. The average Bonchev–Trinajstić information content (AvgIpc) is 2.44. The normalized spacial score (nSPS) is 12.3. The van der Waals surface area contributed by atoms with Gasteiger partial charge in [-0.3, -0.25) is 4.21 Å². The van der Waals surface area contributed by atoms with E-state index in [0.717, 1.165) is 5.56 Å². The molecule has 114 valence electrons. The Morgan fingerprint density at radius 1 is 1.33 bits per heavy atom. The van der Waals surface area contributed by atoms with Gasteiger partial charge in [-0.15, -0.1) is 0 Å². The number of carbonyl (C=O) groups is 1. The van der Waals surface area contributed by atoms with E-state index in [-0.39, 0.29) is 10.8 Å². The highest BCUT2D eigenvalue weighted by molar-refractivity contribution is 7.86. The molecule has 2 amide bonds. The Balaban J connectivity index is 2.32. The molecule has 0 heterocycles. The predicted octanol–water partition coefficient (Wildman–Crippen LogP) is 1.90. The number of urea groups is 1. The predicted molar refractivity (Wildman–Crippen MR) is 84.2 cm³/mol. The van der Waals surface area contributed by atoms with Gasteiger partial charge in [-0.25, -0.2) is 4.79 Å². The summed E-state index contributed by atoms with van der Waals surface area (Å²) in [6.45, 7) is 6.44. The molecule has 0 aliphatic carbocycles. The van der Waals surface area contributed by atoms with Crippen LogP contribution >= 0.6 is 0 Å². The molecule has 0 aliphatic rings. The minimum Gasteiger partial charge on any atom is -0.337 e. The number of benzene rings is 1. The molecule has 0 aromatic heterocycles. The highest BCUT2D eigenvalue weighted by atomic mass is 32.2. The first kappa shape index (κ1) is 17.2. The van der Waals surface area contributed by atoms with Crippen LogP contribution in [0, 0.1) is 11.3 Å². The van der Waals surface area contributed by atoms with Crippen molar-refractivity contribution in [3.8, 4) is 6.07 Å². The van der Waals surface area contributed by atoms with Crippen molar-refractivity contribution in [3.63, 3.8) is 0 Å². The van der Waals surface area contributed by atoms with Crippen molar-refractivity contribution in [2.75, 3.05) is 12.3 Å². The first-order valence-electron chi connectivity index (χ1n) is 6.72. The van der Waals surface area contributed by atoms with E-state index in [1.165, 1.54) is 0 Å². The van der Waals surface area contributed by atoms with Crippen LogP contribution in [0.3, 0.4) is 0 Å². The maximum Gasteiger partial charge on any atom is 0.315 e. The van der Waals surface area contributed by atoms with Gasteiger partial charge in [0.2, 0.25) is 0 Å². The van der Waals surface area contributed by atoms with Gasteiger partial charge in [0.05, 0.1) is 11.6 Å². The lowest BCUT2D eigenvalue weighted by Gasteiger charge is -2.17. The van der Waals surface area contributed by atoms with E-state index in [4.69, 9.17) is 5.26 Å². The number of amides is 2. The number of hydrogen-bond acceptors (Lipinski definition) is 3. The van der Waals surface area contributed by atoms with Gasteiger partial charge in [-0.2, -0.15) is 5.26 Å². The van der Waals surface area contributed by atoms with Crippen molar-refractivity contribution in [3.05, 3.63) is 35.4 Å². The molecule has 1 rings (SSSR count). The SMILES string of the molecule is CC(C)(C)[S@@](=O)CCNC(=O)NCc1cccc(C#N)c1. The third-order valence-electron chi connectivity index (χ3n) is 2.77. The third-order valence-corrected chi connectivity index (χ3v) is 4.71.